The van der Waals surface area contributed by atoms with Crippen molar-refractivity contribution >= 4 is 11.6 Å². The smallest absolute Gasteiger partial charge is 0.179 e. The topological polar surface area (TPSA) is 33.7 Å². The van der Waals surface area contributed by atoms with Crippen LogP contribution in [0.1, 0.15) is 31.2 Å². The van der Waals surface area contributed by atoms with E-state index in [0.717, 1.165) is 25.2 Å². The molecule has 0 atom stereocenters. The Hall–Kier alpha value is -0.970. The molecule has 22 heavy (non-hydrogen) atoms. The average Bonchev–Trinajstić information content (AvgIpc) is 2.81. The van der Waals surface area contributed by atoms with E-state index in [4.69, 9.17) is 21.1 Å². The Balaban J connectivity index is 1.81. The third-order valence-corrected chi connectivity index (χ3v) is 4.60. The van der Waals surface area contributed by atoms with Crippen LogP contribution in [0, 0.1) is 0 Å². The van der Waals surface area contributed by atoms with Gasteiger partial charge < -0.3 is 19.7 Å². The molecule has 0 saturated carbocycles. The van der Waals surface area contributed by atoms with Crippen LogP contribution >= 0.6 is 11.6 Å². The Bertz CT molecular complexity index is 460. The first-order valence-corrected chi connectivity index (χ1v) is 8.46. The number of methoxy groups -OCH3 is 2. The van der Waals surface area contributed by atoms with Crippen molar-refractivity contribution in [2.24, 2.45) is 0 Å². The summed E-state index contributed by atoms with van der Waals surface area (Å²) in [4.78, 5) is 2.55. The Morgan fingerprint density at radius 2 is 1.82 bits per heavy atom. The molecule has 1 aliphatic rings. The second kappa shape index (κ2) is 9.23. The SMILES string of the molecule is COc1ccc(CNCCN2CCCCCC2)c(Cl)c1OC. The molecular weight excluding hydrogens is 300 g/mol. The number of halogens is 1. The number of hydrogen-bond acceptors (Lipinski definition) is 4. The van der Waals surface area contributed by atoms with Crippen LogP contribution in [-0.2, 0) is 6.54 Å². The van der Waals surface area contributed by atoms with Gasteiger partial charge in [0.05, 0.1) is 19.2 Å². The Morgan fingerprint density at radius 3 is 2.45 bits per heavy atom. The summed E-state index contributed by atoms with van der Waals surface area (Å²) in [5.41, 5.74) is 1.04. The van der Waals surface area contributed by atoms with Crippen LogP contribution in [0.4, 0.5) is 0 Å². The molecule has 1 aromatic rings. The van der Waals surface area contributed by atoms with Crippen LogP contribution in [0.2, 0.25) is 5.02 Å². The summed E-state index contributed by atoms with van der Waals surface area (Å²) in [6.45, 7) is 5.29. The molecule has 0 unspecified atom stereocenters. The van der Waals surface area contributed by atoms with Gasteiger partial charge in [0.25, 0.3) is 0 Å². The predicted octanol–water partition coefficient (Wildman–Crippen LogP) is 3.32. The highest BCUT2D eigenvalue weighted by Crippen LogP contribution is 2.37. The van der Waals surface area contributed by atoms with Crippen molar-refractivity contribution in [3.63, 3.8) is 0 Å². The molecule has 0 bridgehead atoms. The maximum absolute atomic E-state index is 6.39. The van der Waals surface area contributed by atoms with E-state index in [9.17, 15) is 0 Å². The summed E-state index contributed by atoms with van der Waals surface area (Å²) in [5.74, 6) is 1.27. The minimum Gasteiger partial charge on any atom is -0.493 e. The summed E-state index contributed by atoms with van der Waals surface area (Å²) in [5, 5.41) is 4.11. The lowest BCUT2D eigenvalue weighted by molar-refractivity contribution is 0.284. The molecule has 1 saturated heterocycles. The van der Waals surface area contributed by atoms with Gasteiger partial charge >= 0.3 is 0 Å². The van der Waals surface area contributed by atoms with Crippen LogP contribution in [0.5, 0.6) is 11.5 Å². The number of likely N-dealkylation sites (tertiary alicyclic amines) is 1. The number of hydrogen-bond donors (Lipinski definition) is 1. The zero-order chi connectivity index (χ0) is 15.8. The van der Waals surface area contributed by atoms with E-state index in [1.807, 2.05) is 12.1 Å². The van der Waals surface area contributed by atoms with Crippen LogP contribution in [0.25, 0.3) is 0 Å². The molecule has 0 amide bonds. The van der Waals surface area contributed by atoms with E-state index in [0.29, 0.717) is 16.5 Å². The van der Waals surface area contributed by atoms with Gasteiger partial charge in [0.1, 0.15) is 0 Å². The van der Waals surface area contributed by atoms with Gasteiger partial charge in [-0.15, -0.1) is 0 Å². The lowest BCUT2D eigenvalue weighted by Crippen LogP contribution is -2.32. The first-order valence-electron chi connectivity index (χ1n) is 8.08. The van der Waals surface area contributed by atoms with E-state index in [1.54, 1.807) is 14.2 Å². The first-order chi connectivity index (χ1) is 10.8. The second-order valence-corrected chi connectivity index (χ2v) is 6.08. The van der Waals surface area contributed by atoms with E-state index in [1.165, 1.54) is 38.8 Å². The van der Waals surface area contributed by atoms with Gasteiger partial charge in [0, 0.05) is 19.6 Å². The molecule has 2 rings (SSSR count). The second-order valence-electron chi connectivity index (χ2n) is 5.71. The molecule has 1 aromatic carbocycles. The summed E-state index contributed by atoms with van der Waals surface area (Å²) >= 11 is 6.39. The molecule has 5 heteroatoms. The minimum atomic E-state index is 0.607. The quantitative estimate of drug-likeness (QED) is 0.779. The van der Waals surface area contributed by atoms with Crippen molar-refractivity contribution in [3.8, 4) is 11.5 Å². The van der Waals surface area contributed by atoms with E-state index < -0.39 is 0 Å². The third kappa shape index (κ3) is 4.77. The fourth-order valence-corrected chi connectivity index (χ4v) is 3.19. The van der Waals surface area contributed by atoms with Crippen molar-refractivity contribution in [3.05, 3.63) is 22.7 Å². The van der Waals surface area contributed by atoms with Gasteiger partial charge in [-0.3, -0.25) is 0 Å². The van der Waals surface area contributed by atoms with Gasteiger partial charge in [-0.2, -0.15) is 0 Å². The van der Waals surface area contributed by atoms with Crippen LogP contribution in [-0.4, -0.2) is 45.3 Å². The molecular formula is C17H27ClN2O2. The van der Waals surface area contributed by atoms with Crippen LogP contribution in [0.15, 0.2) is 12.1 Å². The molecule has 124 valence electrons. The number of rotatable bonds is 7. The maximum Gasteiger partial charge on any atom is 0.179 e. The van der Waals surface area contributed by atoms with Gasteiger partial charge in [0.15, 0.2) is 11.5 Å². The van der Waals surface area contributed by atoms with Gasteiger partial charge in [-0.25, -0.2) is 0 Å². The zero-order valence-corrected chi connectivity index (χ0v) is 14.4. The van der Waals surface area contributed by atoms with E-state index in [2.05, 4.69) is 10.2 Å². The van der Waals surface area contributed by atoms with Crippen molar-refractivity contribution in [1.82, 2.24) is 10.2 Å². The largest absolute Gasteiger partial charge is 0.493 e. The Kier molecular flexibility index (Phi) is 7.30. The van der Waals surface area contributed by atoms with Crippen LogP contribution < -0.4 is 14.8 Å². The number of benzene rings is 1. The molecule has 0 spiro atoms. The molecule has 1 N–H and O–H groups in total. The number of nitrogens with one attached hydrogen (secondary N) is 1. The first kappa shape index (κ1) is 17.4. The fourth-order valence-electron chi connectivity index (χ4n) is 2.89. The number of nitrogens with zero attached hydrogens (tertiary/aromatic N) is 1. The molecule has 1 heterocycles. The molecule has 0 radical (unpaired) electrons. The molecule has 1 fully saturated rings. The average molecular weight is 327 g/mol. The maximum atomic E-state index is 6.39. The lowest BCUT2D eigenvalue weighted by atomic mass is 10.2. The van der Waals surface area contributed by atoms with Crippen LogP contribution in [0.3, 0.4) is 0 Å². The molecule has 0 aromatic heterocycles. The predicted molar refractivity (Wildman–Crippen MR) is 91.2 cm³/mol. The number of ether oxygens (including phenoxy) is 2. The van der Waals surface area contributed by atoms with Gasteiger partial charge in [-0.1, -0.05) is 30.5 Å². The van der Waals surface area contributed by atoms with E-state index in [-0.39, 0.29) is 0 Å². The molecule has 1 aliphatic heterocycles. The lowest BCUT2D eigenvalue weighted by Gasteiger charge is -2.20. The molecule has 0 aliphatic carbocycles. The third-order valence-electron chi connectivity index (χ3n) is 4.18. The normalized spacial score (nSPS) is 16.3. The summed E-state index contributed by atoms with van der Waals surface area (Å²) in [7, 11) is 3.23. The van der Waals surface area contributed by atoms with Crippen molar-refractivity contribution < 1.29 is 9.47 Å². The monoisotopic (exact) mass is 326 g/mol. The minimum absolute atomic E-state index is 0.607. The highest BCUT2D eigenvalue weighted by Gasteiger charge is 2.13. The summed E-state index contributed by atoms with van der Waals surface area (Å²) < 4.78 is 10.6. The fraction of sp³-hybridized carbons (Fsp3) is 0.647. The summed E-state index contributed by atoms with van der Waals surface area (Å²) in [6, 6.07) is 3.89. The zero-order valence-electron chi connectivity index (χ0n) is 13.7. The highest BCUT2D eigenvalue weighted by molar-refractivity contribution is 6.33. The van der Waals surface area contributed by atoms with Gasteiger partial charge in [0.2, 0.25) is 0 Å². The van der Waals surface area contributed by atoms with E-state index >= 15 is 0 Å². The van der Waals surface area contributed by atoms with Crippen molar-refractivity contribution in [1.29, 1.82) is 0 Å². The molecule has 4 nitrogen and oxygen atoms in total. The van der Waals surface area contributed by atoms with Crippen molar-refractivity contribution in [2.45, 2.75) is 32.2 Å². The highest BCUT2D eigenvalue weighted by atomic mass is 35.5. The summed E-state index contributed by atoms with van der Waals surface area (Å²) in [6.07, 6.45) is 5.43. The standard InChI is InChI=1S/C17H27ClN2O2/c1-21-15-8-7-14(16(18)17(15)22-2)13-19-9-12-20-10-5-3-4-6-11-20/h7-8,19H,3-6,9-13H2,1-2H3. The van der Waals surface area contributed by atoms with Crippen molar-refractivity contribution in [2.75, 3.05) is 40.4 Å². The Labute approximate surface area is 138 Å². The van der Waals surface area contributed by atoms with Gasteiger partial charge in [-0.05, 0) is 37.6 Å². The Morgan fingerprint density at radius 1 is 1.09 bits per heavy atom.